The molecule has 14 nitrogen and oxygen atoms in total. The smallest absolute Gasteiger partial charge is 0.411 e. The van der Waals surface area contributed by atoms with Crippen molar-refractivity contribution in [2.45, 2.75) is 88.6 Å². The summed E-state index contributed by atoms with van der Waals surface area (Å²) in [5, 5.41) is 13.3. The molecule has 348 valence electrons. The zero-order chi connectivity index (χ0) is 47.9. The van der Waals surface area contributed by atoms with E-state index in [9.17, 15) is 28.1 Å². The molecule has 0 saturated heterocycles. The summed E-state index contributed by atoms with van der Waals surface area (Å²) in [6.07, 6.45) is 0.443. The Balaban J connectivity index is 1.46. The number of esters is 1. The van der Waals surface area contributed by atoms with Gasteiger partial charge in [-0.15, -0.1) is 0 Å². The highest BCUT2D eigenvalue weighted by atomic mass is 32.2. The lowest BCUT2D eigenvalue weighted by atomic mass is 9.93. The molecule has 1 N–H and O–H groups in total. The molecule has 0 aromatic heterocycles. The number of nitrogens with one attached hydrogen (secondary N) is 1. The van der Waals surface area contributed by atoms with Crippen LogP contribution in [0.3, 0.4) is 0 Å². The minimum Gasteiger partial charge on any atom is -0.490 e. The zero-order valence-corrected chi connectivity index (χ0v) is 40.1. The Morgan fingerprint density at radius 3 is 2.03 bits per heavy atom. The molecule has 0 saturated carbocycles. The summed E-state index contributed by atoms with van der Waals surface area (Å²) in [5.74, 6) is 0.0392. The first-order chi connectivity index (χ1) is 31.3. The summed E-state index contributed by atoms with van der Waals surface area (Å²) >= 11 is 0. The Kier molecular flexibility index (Phi) is 15.1. The Hall–Kier alpha value is -6.49. The lowest BCUT2D eigenvalue weighted by molar-refractivity contribution is -0.384. The molecular formula is C50H57N3O11SSi. The Morgan fingerprint density at radius 1 is 0.894 bits per heavy atom. The SMILES string of the molecule is C=CCOc1ccc(C(CCO[Si](c2ccccc2)(c2ccccc2)C(C)(C)C)Oc2cc3c(cc2NS(=O)(=O)c2ccc([N+](=O)[O-])cc2)C[C@@H](C(=O)OC)N(C(=O)OC(C)(C)C)C3)cc1. The maximum Gasteiger partial charge on any atom is 0.411 e. The van der Waals surface area contributed by atoms with Crippen LogP contribution in [0.1, 0.15) is 70.8 Å². The van der Waals surface area contributed by atoms with E-state index in [0.717, 1.165) is 40.2 Å². The first-order valence-corrected chi connectivity index (χ1v) is 24.9. The summed E-state index contributed by atoms with van der Waals surface area (Å²) < 4.78 is 61.8. The molecule has 1 aliphatic rings. The first-order valence-electron chi connectivity index (χ1n) is 21.5. The molecule has 1 aliphatic heterocycles. The molecule has 1 unspecified atom stereocenters. The van der Waals surface area contributed by atoms with Crippen molar-refractivity contribution in [2.75, 3.05) is 25.0 Å². The average molecular weight is 936 g/mol. The van der Waals surface area contributed by atoms with Crippen molar-refractivity contribution >= 4 is 52.2 Å². The first kappa shape index (κ1) is 49.0. The normalized spacial score (nSPS) is 14.6. The summed E-state index contributed by atoms with van der Waals surface area (Å²) in [6, 6.07) is 34.5. The molecule has 5 aromatic carbocycles. The lowest BCUT2D eigenvalue weighted by Crippen LogP contribution is -2.66. The second-order valence-electron chi connectivity index (χ2n) is 17.9. The molecular weight excluding hydrogens is 879 g/mol. The van der Waals surface area contributed by atoms with Crippen LogP contribution in [0, 0.1) is 10.1 Å². The molecule has 0 spiro atoms. The van der Waals surface area contributed by atoms with Gasteiger partial charge in [-0.1, -0.05) is 106 Å². The zero-order valence-electron chi connectivity index (χ0n) is 38.3. The molecule has 2 atom stereocenters. The van der Waals surface area contributed by atoms with Gasteiger partial charge in [0.15, 0.2) is 0 Å². The van der Waals surface area contributed by atoms with E-state index in [1.165, 1.54) is 12.0 Å². The summed E-state index contributed by atoms with van der Waals surface area (Å²) in [4.78, 5) is 38.7. The van der Waals surface area contributed by atoms with Crippen molar-refractivity contribution in [1.29, 1.82) is 0 Å². The van der Waals surface area contributed by atoms with Crippen molar-refractivity contribution in [3.05, 3.63) is 161 Å². The van der Waals surface area contributed by atoms with Gasteiger partial charge in [-0.2, -0.15) is 0 Å². The van der Waals surface area contributed by atoms with Crippen LogP contribution in [0.5, 0.6) is 11.5 Å². The van der Waals surface area contributed by atoms with E-state index in [4.69, 9.17) is 23.4 Å². The van der Waals surface area contributed by atoms with Gasteiger partial charge >= 0.3 is 12.1 Å². The lowest BCUT2D eigenvalue weighted by Gasteiger charge is -2.43. The highest BCUT2D eigenvalue weighted by Crippen LogP contribution is 2.41. The molecule has 5 aromatic rings. The third kappa shape index (κ3) is 11.3. The number of hydrogen-bond donors (Lipinski definition) is 1. The molecule has 1 amide bonds. The number of carbonyl (C=O) groups is 2. The molecule has 0 radical (unpaired) electrons. The third-order valence-electron chi connectivity index (χ3n) is 11.1. The second-order valence-corrected chi connectivity index (χ2v) is 23.9. The van der Waals surface area contributed by atoms with Crippen LogP contribution in [-0.4, -0.2) is 70.6 Å². The average Bonchev–Trinajstić information content (AvgIpc) is 3.28. The van der Waals surface area contributed by atoms with Crippen molar-refractivity contribution < 1.29 is 46.3 Å². The maximum absolute atomic E-state index is 14.1. The van der Waals surface area contributed by atoms with Crippen LogP contribution in [0.4, 0.5) is 16.2 Å². The molecule has 0 fully saturated rings. The van der Waals surface area contributed by atoms with Gasteiger partial charge in [-0.3, -0.25) is 19.7 Å². The number of amides is 1. The Labute approximate surface area is 387 Å². The van der Waals surface area contributed by atoms with Crippen molar-refractivity contribution in [3.63, 3.8) is 0 Å². The molecule has 0 aliphatic carbocycles. The van der Waals surface area contributed by atoms with Crippen molar-refractivity contribution in [3.8, 4) is 11.5 Å². The minimum atomic E-state index is -4.39. The highest BCUT2D eigenvalue weighted by molar-refractivity contribution is 7.92. The van der Waals surface area contributed by atoms with E-state index < -0.39 is 53.1 Å². The van der Waals surface area contributed by atoms with Gasteiger partial charge in [0.2, 0.25) is 0 Å². The number of ether oxygens (including phenoxy) is 4. The fourth-order valence-electron chi connectivity index (χ4n) is 8.06. The number of carbonyl (C=O) groups excluding carboxylic acids is 2. The third-order valence-corrected chi connectivity index (χ3v) is 17.6. The maximum atomic E-state index is 14.1. The largest absolute Gasteiger partial charge is 0.490 e. The van der Waals surface area contributed by atoms with Gasteiger partial charge in [0, 0.05) is 31.6 Å². The monoisotopic (exact) mass is 935 g/mol. The van der Waals surface area contributed by atoms with Crippen LogP contribution in [0.2, 0.25) is 5.04 Å². The topological polar surface area (TPSA) is 173 Å². The van der Waals surface area contributed by atoms with Crippen LogP contribution in [-0.2, 0) is 41.7 Å². The Bertz CT molecular complexity index is 2580. The van der Waals surface area contributed by atoms with Gasteiger partial charge in [0.1, 0.15) is 35.9 Å². The van der Waals surface area contributed by atoms with Gasteiger partial charge in [0.25, 0.3) is 24.0 Å². The summed E-state index contributed by atoms with van der Waals surface area (Å²) in [6.45, 7) is 15.9. The number of rotatable bonds is 17. The van der Waals surface area contributed by atoms with Gasteiger partial charge in [-0.25, -0.2) is 18.0 Å². The molecule has 16 heteroatoms. The number of anilines is 1. The number of benzene rings is 5. The molecule has 66 heavy (non-hydrogen) atoms. The fraction of sp³-hybridized carbons (Fsp3) is 0.320. The van der Waals surface area contributed by atoms with E-state index in [1.807, 2.05) is 60.7 Å². The standard InChI is InChI=1S/C50H57N3O11SSi/c1-9-29-61-39-24-20-35(21-25-39)45(28-30-62-66(50(5,6)7,41-16-12-10-13-17-41)42-18-14-11-15-19-42)63-46-33-37-34-52(48(55)64-49(2,3)4)44(47(54)60-8)32-36(37)31-43(46)51-65(58,59)40-26-22-38(23-27-40)53(56)57/h9-27,31,33,44-45,51H,1,28-30,32,34H2,2-8H3/t44-,45?/m0/s1. The predicted octanol–water partition coefficient (Wildman–Crippen LogP) is 8.88. The van der Waals surface area contributed by atoms with E-state index in [-0.39, 0.29) is 46.6 Å². The van der Waals surface area contributed by atoms with E-state index >= 15 is 0 Å². The number of nitro benzene ring substituents is 1. The molecule has 1 heterocycles. The van der Waals surface area contributed by atoms with Crippen LogP contribution in [0.15, 0.2) is 139 Å². The summed E-state index contributed by atoms with van der Waals surface area (Å²) in [7, 11) is -6.17. The van der Waals surface area contributed by atoms with Crippen LogP contribution < -0.4 is 24.6 Å². The number of nitro groups is 1. The van der Waals surface area contributed by atoms with Crippen LogP contribution >= 0.6 is 0 Å². The summed E-state index contributed by atoms with van der Waals surface area (Å²) in [5.41, 5.74) is 0.737. The van der Waals surface area contributed by atoms with E-state index in [1.54, 1.807) is 39.0 Å². The Morgan fingerprint density at radius 2 is 1.50 bits per heavy atom. The fourth-order valence-corrected chi connectivity index (χ4v) is 13.7. The predicted molar refractivity (Wildman–Crippen MR) is 255 cm³/mol. The van der Waals surface area contributed by atoms with Crippen LogP contribution in [0.25, 0.3) is 0 Å². The number of non-ortho nitro benzene ring substituents is 1. The quantitative estimate of drug-likeness (QED) is 0.0310. The van der Waals surface area contributed by atoms with Gasteiger partial charge in [0.05, 0.1) is 29.2 Å². The number of sulfonamides is 1. The van der Waals surface area contributed by atoms with E-state index in [0.29, 0.717) is 29.9 Å². The van der Waals surface area contributed by atoms with E-state index in [2.05, 4.69) is 56.3 Å². The molecule has 0 bridgehead atoms. The minimum absolute atomic E-state index is 0.0320. The van der Waals surface area contributed by atoms with Crippen molar-refractivity contribution in [2.24, 2.45) is 0 Å². The van der Waals surface area contributed by atoms with Gasteiger partial charge < -0.3 is 23.4 Å². The number of nitrogens with zero attached hydrogens (tertiary/aromatic N) is 2. The second kappa shape index (κ2) is 20.4. The number of hydrogen-bond acceptors (Lipinski definition) is 11. The number of fused-ring (bicyclic) bond motifs is 1. The molecule has 6 rings (SSSR count). The van der Waals surface area contributed by atoms with Crippen molar-refractivity contribution in [1.82, 2.24) is 4.90 Å². The van der Waals surface area contributed by atoms with Gasteiger partial charge in [-0.05, 0) is 89.3 Å². The highest BCUT2D eigenvalue weighted by Gasteiger charge is 2.50. The number of methoxy groups -OCH3 is 1.